The first-order chi connectivity index (χ1) is 6.89. The molecule has 0 fully saturated rings. The number of fused-ring (bicyclic) bond motifs is 1. The average Bonchev–Trinajstić information content (AvgIpc) is 2.41. The number of thiophene rings is 1. The highest BCUT2D eigenvalue weighted by molar-refractivity contribution is 7.19. The van der Waals surface area contributed by atoms with E-state index in [-0.39, 0.29) is 0 Å². The van der Waals surface area contributed by atoms with Crippen LogP contribution in [0.4, 0.5) is 13.2 Å². The maximum atomic E-state index is 12.4. The molecule has 1 aromatic carbocycles. The molecule has 1 aromatic heterocycles. The molecule has 0 saturated heterocycles. The van der Waals surface area contributed by atoms with Crippen LogP contribution in [0.3, 0.4) is 0 Å². The predicted molar refractivity (Wildman–Crippen MR) is 56.3 cm³/mol. The lowest BCUT2D eigenvalue weighted by molar-refractivity contribution is -0.137. The van der Waals surface area contributed by atoms with E-state index in [0.29, 0.717) is 4.70 Å². The molecule has 0 amide bonds. The quantitative estimate of drug-likeness (QED) is 0.623. The third kappa shape index (κ3) is 1.74. The van der Waals surface area contributed by atoms with Crippen LogP contribution >= 0.6 is 11.3 Å². The van der Waals surface area contributed by atoms with Gasteiger partial charge in [0.25, 0.3) is 0 Å². The molecule has 0 saturated carbocycles. The number of rotatable bonds is 0. The lowest BCUT2D eigenvalue weighted by Crippen LogP contribution is -2.03. The molecule has 2 rings (SSSR count). The average molecular weight is 230 g/mol. The second-order valence-corrected chi connectivity index (χ2v) is 4.75. The molecule has 0 radical (unpaired) electrons. The van der Waals surface area contributed by atoms with Crippen molar-refractivity contribution in [2.75, 3.05) is 0 Å². The van der Waals surface area contributed by atoms with Crippen molar-refractivity contribution in [3.8, 4) is 0 Å². The largest absolute Gasteiger partial charge is 0.416 e. The summed E-state index contributed by atoms with van der Waals surface area (Å²) in [5, 5.41) is 0.922. The number of halogens is 3. The van der Waals surface area contributed by atoms with Crippen molar-refractivity contribution in [2.45, 2.75) is 20.0 Å². The highest BCUT2D eigenvalue weighted by Gasteiger charge is 2.30. The van der Waals surface area contributed by atoms with E-state index in [1.165, 1.54) is 17.4 Å². The first-order valence-electron chi connectivity index (χ1n) is 4.46. The molecule has 0 atom stereocenters. The molecule has 80 valence electrons. The molecular weight excluding hydrogens is 221 g/mol. The van der Waals surface area contributed by atoms with Crippen LogP contribution in [0.25, 0.3) is 10.1 Å². The van der Waals surface area contributed by atoms with Crippen molar-refractivity contribution >= 4 is 21.4 Å². The summed E-state index contributed by atoms with van der Waals surface area (Å²) in [6.07, 6.45) is -4.25. The molecule has 1 heterocycles. The molecule has 0 nitrogen and oxygen atoms in total. The molecule has 0 aliphatic rings. The number of hydrogen-bond donors (Lipinski definition) is 0. The van der Waals surface area contributed by atoms with Gasteiger partial charge in [0.15, 0.2) is 0 Å². The summed E-state index contributed by atoms with van der Waals surface area (Å²) in [6.45, 7) is 3.86. The topological polar surface area (TPSA) is 0 Å². The van der Waals surface area contributed by atoms with E-state index in [9.17, 15) is 13.2 Å². The number of benzene rings is 1. The molecular formula is C11H9F3S. The minimum Gasteiger partial charge on any atom is -0.166 e. The molecule has 0 aliphatic heterocycles. The summed E-state index contributed by atoms with van der Waals surface area (Å²) in [5.74, 6) is 0. The van der Waals surface area contributed by atoms with Crippen LogP contribution in [0.15, 0.2) is 18.2 Å². The Kier molecular flexibility index (Phi) is 2.26. The van der Waals surface area contributed by atoms with Crippen LogP contribution in [0.1, 0.15) is 16.0 Å². The monoisotopic (exact) mass is 230 g/mol. The summed E-state index contributed by atoms with van der Waals surface area (Å²) in [4.78, 5) is 1.07. The van der Waals surface area contributed by atoms with Gasteiger partial charge in [-0.25, -0.2) is 0 Å². The van der Waals surface area contributed by atoms with Crippen LogP contribution in [-0.2, 0) is 6.18 Å². The lowest BCUT2D eigenvalue weighted by atomic mass is 10.1. The Morgan fingerprint density at radius 1 is 1.13 bits per heavy atom. The first-order valence-corrected chi connectivity index (χ1v) is 5.28. The zero-order valence-corrected chi connectivity index (χ0v) is 9.09. The summed E-state index contributed by atoms with van der Waals surface area (Å²) < 4.78 is 38.0. The van der Waals surface area contributed by atoms with Gasteiger partial charge in [0.2, 0.25) is 0 Å². The Morgan fingerprint density at radius 3 is 2.40 bits per heavy atom. The normalized spacial score (nSPS) is 12.3. The van der Waals surface area contributed by atoms with Gasteiger partial charge in [-0.05, 0) is 36.9 Å². The zero-order chi connectivity index (χ0) is 11.2. The van der Waals surface area contributed by atoms with Gasteiger partial charge >= 0.3 is 6.18 Å². The van der Waals surface area contributed by atoms with Crippen molar-refractivity contribution in [1.29, 1.82) is 0 Å². The summed E-state index contributed by atoms with van der Waals surface area (Å²) >= 11 is 1.41. The van der Waals surface area contributed by atoms with Crippen LogP contribution < -0.4 is 0 Å². The Hall–Kier alpha value is -1.03. The van der Waals surface area contributed by atoms with Gasteiger partial charge in [0.1, 0.15) is 0 Å². The SMILES string of the molecule is Cc1sc2cc(C(F)(F)F)ccc2c1C. The van der Waals surface area contributed by atoms with E-state index in [4.69, 9.17) is 0 Å². The summed E-state index contributed by atoms with van der Waals surface area (Å²) in [6, 6.07) is 3.92. The highest BCUT2D eigenvalue weighted by Crippen LogP contribution is 2.36. The third-order valence-corrected chi connectivity index (χ3v) is 3.67. The molecule has 2 aromatic rings. The fourth-order valence-corrected chi connectivity index (χ4v) is 2.63. The molecule has 0 bridgehead atoms. The first kappa shape index (κ1) is 10.5. The molecule has 0 unspecified atom stereocenters. The van der Waals surface area contributed by atoms with E-state index < -0.39 is 11.7 Å². The van der Waals surface area contributed by atoms with Crippen molar-refractivity contribution < 1.29 is 13.2 Å². The van der Waals surface area contributed by atoms with E-state index in [0.717, 1.165) is 21.9 Å². The van der Waals surface area contributed by atoms with Crippen molar-refractivity contribution in [2.24, 2.45) is 0 Å². The van der Waals surface area contributed by atoms with Gasteiger partial charge in [-0.15, -0.1) is 11.3 Å². The Bertz CT molecular complexity index is 508. The van der Waals surface area contributed by atoms with Crippen molar-refractivity contribution in [3.63, 3.8) is 0 Å². The Morgan fingerprint density at radius 2 is 1.80 bits per heavy atom. The highest BCUT2D eigenvalue weighted by atomic mass is 32.1. The van der Waals surface area contributed by atoms with Gasteiger partial charge in [-0.1, -0.05) is 6.07 Å². The third-order valence-electron chi connectivity index (χ3n) is 2.50. The van der Waals surface area contributed by atoms with Gasteiger partial charge in [0.05, 0.1) is 5.56 Å². The molecule has 0 N–H and O–H groups in total. The fourth-order valence-electron chi connectivity index (χ4n) is 1.52. The summed E-state index contributed by atoms with van der Waals surface area (Å²) in [5.41, 5.74) is 0.500. The maximum Gasteiger partial charge on any atom is 0.416 e. The minimum absolute atomic E-state index is 0.573. The van der Waals surface area contributed by atoms with Crippen LogP contribution in [0, 0.1) is 13.8 Å². The van der Waals surface area contributed by atoms with Gasteiger partial charge in [-0.3, -0.25) is 0 Å². The Balaban J connectivity index is 2.67. The van der Waals surface area contributed by atoms with Gasteiger partial charge in [0, 0.05) is 9.58 Å². The van der Waals surface area contributed by atoms with Gasteiger partial charge in [-0.2, -0.15) is 13.2 Å². The maximum absolute atomic E-state index is 12.4. The molecule has 0 spiro atoms. The smallest absolute Gasteiger partial charge is 0.166 e. The number of aryl methyl sites for hydroxylation is 2. The fraction of sp³-hybridized carbons (Fsp3) is 0.273. The molecule has 4 heteroatoms. The van der Waals surface area contributed by atoms with Crippen LogP contribution in [0.2, 0.25) is 0 Å². The second-order valence-electron chi connectivity index (χ2n) is 3.49. The minimum atomic E-state index is -4.25. The molecule has 15 heavy (non-hydrogen) atoms. The number of alkyl halides is 3. The standard InChI is InChI=1S/C11H9F3S/c1-6-7(2)15-10-5-8(11(12,13)14)3-4-9(6)10/h3-5H,1-2H3. The van der Waals surface area contributed by atoms with Crippen LogP contribution in [0.5, 0.6) is 0 Å². The summed E-state index contributed by atoms with van der Waals surface area (Å²) in [7, 11) is 0. The number of hydrogen-bond acceptors (Lipinski definition) is 1. The van der Waals surface area contributed by atoms with E-state index in [1.807, 2.05) is 13.8 Å². The van der Waals surface area contributed by atoms with Gasteiger partial charge < -0.3 is 0 Å². The van der Waals surface area contributed by atoms with Crippen molar-refractivity contribution in [1.82, 2.24) is 0 Å². The second kappa shape index (κ2) is 3.23. The lowest BCUT2D eigenvalue weighted by Gasteiger charge is -2.05. The van der Waals surface area contributed by atoms with E-state index >= 15 is 0 Å². The van der Waals surface area contributed by atoms with E-state index in [2.05, 4.69) is 0 Å². The Labute approximate surface area is 89.3 Å². The van der Waals surface area contributed by atoms with Crippen LogP contribution in [-0.4, -0.2) is 0 Å². The predicted octanol–water partition coefficient (Wildman–Crippen LogP) is 4.54. The van der Waals surface area contributed by atoms with E-state index in [1.54, 1.807) is 6.07 Å². The zero-order valence-electron chi connectivity index (χ0n) is 8.27. The van der Waals surface area contributed by atoms with Crippen molar-refractivity contribution in [3.05, 3.63) is 34.2 Å². The molecule has 0 aliphatic carbocycles.